The number of carbonyl (C=O) groups is 1. The van der Waals surface area contributed by atoms with Crippen molar-refractivity contribution in [2.45, 2.75) is 32.9 Å². The van der Waals surface area contributed by atoms with Crippen LogP contribution in [-0.4, -0.2) is 43.4 Å². The predicted octanol–water partition coefficient (Wildman–Crippen LogP) is 3.88. The lowest BCUT2D eigenvalue weighted by Gasteiger charge is -2.26. The van der Waals surface area contributed by atoms with Crippen LogP contribution in [0.15, 0.2) is 53.7 Å². The van der Waals surface area contributed by atoms with Gasteiger partial charge in [0.2, 0.25) is 5.91 Å². The van der Waals surface area contributed by atoms with Crippen molar-refractivity contribution in [3.8, 4) is 11.5 Å². The minimum atomic E-state index is -0.176. The first-order chi connectivity index (χ1) is 14.0. The van der Waals surface area contributed by atoms with Crippen LogP contribution in [-0.2, 0) is 16.2 Å². The van der Waals surface area contributed by atoms with Crippen molar-refractivity contribution in [2.24, 2.45) is 11.1 Å². The molecule has 0 aliphatic carbocycles. The van der Waals surface area contributed by atoms with E-state index in [1.54, 1.807) is 14.2 Å². The quantitative estimate of drug-likeness (QED) is 0.679. The Morgan fingerprint density at radius 3 is 2.52 bits per heavy atom. The van der Waals surface area contributed by atoms with Gasteiger partial charge < -0.3 is 19.2 Å². The zero-order chi connectivity index (χ0) is 20.8. The average Bonchev–Trinajstić information content (AvgIpc) is 3.21. The van der Waals surface area contributed by atoms with Gasteiger partial charge in [-0.15, -0.1) is 0 Å². The van der Waals surface area contributed by atoms with Crippen molar-refractivity contribution in [1.82, 2.24) is 4.90 Å². The van der Waals surface area contributed by atoms with Gasteiger partial charge in [0.1, 0.15) is 0 Å². The monoisotopic (exact) mass is 396 g/mol. The Kier molecular flexibility index (Phi) is 6.75. The second-order valence-corrected chi connectivity index (χ2v) is 7.40. The van der Waals surface area contributed by atoms with E-state index in [-0.39, 0.29) is 17.9 Å². The van der Waals surface area contributed by atoms with Crippen LogP contribution >= 0.6 is 0 Å². The van der Waals surface area contributed by atoms with Gasteiger partial charge in [-0.2, -0.15) is 0 Å². The third kappa shape index (κ3) is 5.08. The number of carbonyl (C=O) groups excluding carboxylic acids is 1. The summed E-state index contributed by atoms with van der Waals surface area (Å²) in [6, 6.07) is 15.7. The van der Waals surface area contributed by atoms with E-state index in [1.165, 1.54) is 0 Å². The second-order valence-electron chi connectivity index (χ2n) is 7.40. The molecule has 0 radical (unpaired) electrons. The molecular formula is C23H28N2O4. The molecule has 6 nitrogen and oxygen atoms in total. The fourth-order valence-corrected chi connectivity index (χ4v) is 3.36. The highest BCUT2D eigenvalue weighted by molar-refractivity contribution is 6.01. The maximum atomic E-state index is 12.7. The summed E-state index contributed by atoms with van der Waals surface area (Å²) in [7, 11) is 3.22. The van der Waals surface area contributed by atoms with Crippen molar-refractivity contribution >= 4 is 11.6 Å². The molecule has 0 saturated heterocycles. The van der Waals surface area contributed by atoms with Gasteiger partial charge in [0.15, 0.2) is 17.6 Å². The Hall–Kier alpha value is -3.02. The molecule has 1 amide bonds. The Balaban J connectivity index is 1.69. The van der Waals surface area contributed by atoms with Crippen LogP contribution in [0.2, 0.25) is 0 Å². The summed E-state index contributed by atoms with van der Waals surface area (Å²) in [4.78, 5) is 20.3. The van der Waals surface area contributed by atoms with Crippen LogP contribution in [0.3, 0.4) is 0 Å². The van der Waals surface area contributed by atoms with Gasteiger partial charge >= 0.3 is 0 Å². The standard InChI is InChI=1S/C23H28N2O4/c1-16(2)23(26)25(14-17-8-6-5-7-9-17)15-19-13-20(24-29-19)18-10-11-21(27-3)22(12-18)28-4/h5-12,16,19H,13-15H2,1-4H3. The molecule has 1 heterocycles. The van der Waals surface area contributed by atoms with Crippen LogP contribution in [0, 0.1) is 5.92 Å². The summed E-state index contributed by atoms with van der Waals surface area (Å²) in [5, 5.41) is 4.26. The molecule has 154 valence electrons. The van der Waals surface area contributed by atoms with Crippen molar-refractivity contribution in [1.29, 1.82) is 0 Å². The van der Waals surface area contributed by atoms with Crippen LogP contribution in [0.1, 0.15) is 31.4 Å². The molecule has 0 saturated carbocycles. The lowest BCUT2D eigenvalue weighted by Crippen LogP contribution is -2.39. The maximum Gasteiger partial charge on any atom is 0.225 e. The summed E-state index contributed by atoms with van der Waals surface area (Å²) < 4.78 is 10.7. The van der Waals surface area contributed by atoms with Gasteiger partial charge in [-0.1, -0.05) is 49.3 Å². The number of hydrogen-bond donors (Lipinski definition) is 0. The summed E-state index contributed by atoms with van der Waals surface area (Å²) in [5.74, 6) is 1.35. The largest absolute Gasteiger partial charge is 0.493 e. The first kappa shape index (κ1) is 20.7. The highest BCUT2D eigenvalue weighted by Gasteiger charge is 2.28. The van der Waals surface area contributed by atoms with Crippen molar-refractivity contribution in [3.05, 3.63) is 59.7 Å². The van der Waals surface area contributed by atoms with Gasteiger partial charge in [0, 0.05) is 24.4 Å². The number of hydrogen-bond acceptors (Lipinski definition) is 5. The van der Waals surface area contributed by atoms with Crippen LogP contribution in [0.25, 0.3) is 0 Å². The molecule has 6 heteroatoms. The van der Waals surface area contributed by atoms with E-state index in [9.17, 15) is 4.79 Å². The van der Waals surface area contributed by atoms with Gasteiger partial charge in [0.25, 0.3) is 0 Å². The van der Waals surface area contributed by atoms with E-state index in [0.29, 0.717) is 31.0 Å². The number of amides is 1. The van der Waals surface area contributed by atoms with Crippen LogP contribution in [0.5, 0.6) is 11.5 Å². The van der Waals surface area contributed by atoms with E-state index in [4.69, 9.17) is 14.3 Å². The number of nitrogens with zero attached hydrogens (tertiary/aromatic N) is 2. The first-order valence-corrected chi connectivity index (χ1v) is 9.79. The molecule has 2 aromatic rings. The molecule has 1 atom stereocenters. The lowest BCUT2D eigenvalue weighted by atomic mass is 10.0. The Morgan fingerprint density at radius 2 is 1.86 bits per heavy atom. The number of rotatable bonds is 8. The van der Waals surface area contributed by atoms with Gasteiger partial charge in [-0.05, 0) is 23.8 Å². The number of oxime groups is 1. The van der Waals surface area contributed by atoms with Gasteiger partial charge in [-0.3, -0.25) is 4.79 Å². The number of methoxy groups -OCH3 is 2. The zero-order valence-corrected chi connectivity index (χ0v) is 17.4. The van der Waals surface area contributed by atoms with E-state index in [0.717, 1.165) is 16.8 Å². The maximum absolute atomic E-state index is 12.7. The van der Waals surface area contributed by atoms with E-state index >= 15 is 0 Å². The minimum absolute atomic E-state index is 0.0775. The summed E-state index contributed by atoms with van der Waals surface area (Å²) in [6.07, 6.45) is 0.455. The summed E-state index contributed by atoms with van der Waals surface area (Å²) in [5.41, 5.74) is 2.86. The molecule has 0 fully saturated rings. The molecule has 29 heavy (non-hydrogen) atoms. The second kappa shape index (κ2) is 9.45. The minimum Gasteiger partial charge on any atom is -0.493 e. The summed E-state index contributed by atoms with van der Waals surface area (Å²) in [6.45, 7) is 4.89. The molecule has 0 spiro atoms. The molecule has 1 aliphatic rings. The highest BCUT2D eigenvalue weighted by atomic mass is 16.6. The van der Waals surface area contributed by atoms with Gasteiger partial charge in [-0.25, -0.2) is 0 Å². The molecule has 1 aliphatic heterocycles. The molecule has 0 aromatic heterocycles. The van der Waals surface area contributed by atoms with E-state index in [2.05, 4.69) is 5.16 Å². The molecule has 0 N–H and O–H groups in total. The normalized spacial score (nSPS) is 15.6. The highest BCUT2D eigenvalue weighted by Crippen LogP contribution is 2.29. The molecule has 0 bridgehead atoms. The average molecular weight is 396 g/mol. The third-order valence-corrected chi connectivity index (χ3v) is 4.90. The van der Waals surface area contributed by atoms with Gasteiger partial charge in [0.05, 0.1) is 26.5 Å². The Bertz CT molecular complexity index is 864. The molecule has 2 aromatic carbocycles. The molecule has 3 rings (SSSR count). The van der Waals surface area contributed by atoms with Crippen LogP contribution in [0.4, 0.5) is 0 Å². The molecular weight excluding hydrogens is 368 g/mol. The lowest BCUT2D eigenvalue weighted by molar-refractivity contribution is -0.136. The van der Waals surface area contributed by atoms with Crippen molar-refractivity contribution in [3.63, 3.8) is 0 Å². The topological polar surface area (TPSA) is 60.4 Å². The van der Waals surface area contributed by atoms with Crippen molar-refractivity contribution < 1.29 is 19.1 Å². The van der Waals surface area contributed by atoms with E-state index in [1.807, 2.05) is 67.3 Å². The first-order valence-electron chi connectivity index (χ1n) is 9.79. The Morgan fingerprint density at radius 1 is 1.14 bits per heavy atom. The van der Waals surface area contributed by atoms with Crippen molar-refractivity contribution in [2.75, 3.05) is 20.8 Å². The predicted molar refractivity (Wildman–Crippen MR) is 112 cm³/mol. The smallest absolute Gasteiger partial charge is 0.225 e. The van der Waals surface area contributed by atoms with E-state index < -0.39 is 0 Å². The Labute approximate surface area is 172 Å². The fraction of sp³-hybridized carbons (Fsp3) is 0.391. The van der Waals surface area contributed by atoms with Crippen LogP contribution < -0.4 is 9.47 Å². The third-order valence-electron chi connectivity index (χ3n) is 4.90. The SMILES string of the molecule is COc1ccc(C2=NOC(CN(Cc3ccccc3)C(=O)C(C)C)C2)cc1OC. The fourth-order valence-electron chi connectivity index (χ4n) is 3.36. The zero-order valence-electron chi connectivity index (χ0n) is 17.4. The molecule has 1 unspecified atom stereocenters. The number of benzene rings is 2. The summed E-state index contributed by atoms with van der Waals surface area (Å²) >= 11 is 0. The number of ether oxygens (including phenoxy) is 2.